The number of aromatic nitrogens is 3. The molecule has 0 bridgehead atoms. The van der Waals surface area contributed by atoms with Crippen LogP contribution in [-0.4, -0.2) is 21.1 Å². The molecule has 0 saturated heterocycles. The van der Waals surface area contributed by atoms with Gasteiger partial charge in [-0.25, -0.2) is 4.98 Å². The van der Waals surface area contributed by atoms with Crippen LogP contribution in [0.3, 0.4) is 0 Å². The zero-order chi connectivity index (χ0) is 14.8. The first-order chi connectivity index (χ1) is 10.2. The van der Waals surface area contributed by atoms with Crippen molar-refractivity contribution in [1.29, 1.82) is 0 Å². The van der Waals surface area contributed by atoms with Crippen LogP contribution in [0.1, 0.15) is 25.5 Å². The van der Waals surface area contributed by atoms with E-state index in [1.165, 1.54) is 0 Å². The number of imidazole rings is 1. The minimum absolute atomic E-state index is 0.0561. The van der Waals surface area contributed by atoms with E-state index in [2.05, 4.69) is 16.9 Å². The molecule has 0 amide bonds. The molecule has 1 aromatic carbocycles. The fourth-order valence-electron chi connectivity index (χ4n) is 2.56. The van der Waals surface area contributed by atoms with Crippen molar-refractivity contribution in [3.8, 4) is 5.75 Å². The number of fused-ring (bicyclic) bond motifs is 1. The minimum Gasteiger partial charge on any atom is -0.492 e. The third-order valence-corrected chi connectivity index (χ3v) is 3.56. The zero-order valence-electron chi connectivity index (χ0n) is 12.2. The van der Waals surface area contributed by atoms with Crippen LogP contribution in [0, 0.1) is 0 Å². The van der Waals surface area contributed by atoms with Crippen LogP contribution in [-0.2, 0) is 0 Å². The monoisotopic (exact) mass is 282 g/mol. The van der Waals surface area contributed by atoms with E-state index >= 15 is 0 Å². The van der Waals surface area contributed by atoms with E-state index in [1.54, 1.807) is 6.20 Å². The lowest BCUT2D eigenvalue weighted by Crippen LogP contribution is -2.10. The summed E-state index contributed by atoms with van der Waals surface area (Å²) in [5, 5.41) is 0. The molecule has 1 unspecified atom stereocenters. The predicted molar refractivity (Wildman–Crippen MR) is 83.4 cm³/mol. The van der Waals surface area contributed by atoms with E-state index in [-0.39, 0.29) is 6.04 Å². The number of nitrogens with zero attached hydrogens (tertiary/aromatic N) is 3. The molecule has 0 aliphatic carbocycles. The van der Waals surface area contributed by atoms with Gasteiger partial charge in [0, 0.05) is 12.4 Å². The van der Waals surface area contributed by atoms with E-state index in [0.717, 1.165) is 22.3 Å². The molecule has 5 nitrogen and oxygen atoms in total. The van der Waals surface area contributed by atoms with Gasteiger partial charge in [-0.15, -0.1) is 0 Å². The number of pyridine rings is 1. The lowest BCUT2D eigenvalue weighted by molar-refractivity contribution is 0.343. The molecule has 1 atom stereocenters. The van der Waals surface area contributed by atoms with Crippen molar-refractivity contribution < 1.29 is 4.74 Å². The summed E-state index contributed by atoms with van der Waals surface area (Å²) < 4.78 is 7.64. The molecule has 0 radical (unpaired) electrons. The number of hydrogen-bond donors (Lipinski definition) is 1. The molecule has 0 saturated carbocycles. The average molecular weight is 282 g/mol. The molecule has 2 aromatic heterocycles. The van der Waals surface area contributed by atoms with Gasteiger partial charge in [-0.05, 0) is 37.6 Å². The standard InChI is InChI=1S/C16H18N4O/c1-3-21-14-8-4-7-13-15(14)19-16(17)20(13)11(2)12-6-5-9-18-10-12/h4-11H,3H2,1-2H3,(H2,17,19). The van der Waals surface area contributed by atoms with E-state index in [9.17, 15) is 0 Å². The molecular weight excluding hydrogens is 264 g/mol. The van der Waals surface area contributed by atoms with E-state index in [4.69, 9.17) is 10.5 Å². The maximum absolute atomic E-state index is 6.13. The van der Waals surface area contributed by atoms with Gasteiger partial charge in [0.15, 0.2) is 0 Å². The van der Waals surface area contributed by atoms with Gasteiger partial charge in [0.2, 0.25) is 5.95 Å². The van der Waals surface area contributed by atoms with Crippen LogP contribution in [0.5, 0.6) is 5.75 Å². The molecule has 0 aliphatic rings. The highest BCUT2D eigenvalue weighted by atomic mass is 16.5. The number of nitrogens with two attached hydrogens (primary N) is 1. The van der Waals surface area contributed by atoms with Crippen molar-refractivity contribution in [2.45, 2.75) is 19.9 Å². The summed E-state index contributed by atoms with van der Waals surface area (Å²) in [5.74, 6) is 1.24. The molecule has 3 rings (SSSR count). The number of rotatable bonds is 4. The Labute approximate surface area is 123 Å². The van der Waals surface area contributed by atoms with Crippen LogP contribution in [0.4, 0.5) is 5.95 Å². The quantitative estimate of drug-likeness (QED) is 0.798. The maximum Gasteiger partial charge on any atom is 0.201 e. The van der Waals surface area contributed by atoms with Crippen molar-refractivity contribution in [2.75, 3.05) is 12.3 Å². The summed E-state index contributed by atoms with van der Waals surface area (Å²) in [6.45, 7) is 4.64. The highest BCUT2D eigenvalue weighted by Crippen LogP contribution is 2.31. The van der Waals surface area contributed by atoms with Crippen molar-refractivity contribution in [3.63, 3.8) is 0 Å². The second-order valence-electron chi connectivity index (χ2n) is 4.86. The highest BCUT2D eigenvalue weighted by molar-refractivity contribution is 5.84. The maximum atomic E-state index is 6.13. The van der Waals surface area contributed by atoms with Crippen molar-refractivity contribution in [2.24, 2.45) is 0 Å². The topological polar surface area (TPSA) is 66.0 Å². The Kier molecular flexibility index (Phi) is 3.48. The molecule has 0 spiro atoms. The Morgan fingerprint density at radius 2 is 2.14 bits per heavy atom. The molecule has 2 heterocycles. The lowest BCUT2D eigenvalue weighted by atomic mass is 10.1. The fourth-order valence-corrected chi connectivity index (χ4v) is 2.56. The first kappa shape index (κ1) is 13.4. The highest BCUT2D eigenvalue weighted by Gasteiger charge is 2.17. The number of ether oxygens (including phenoxy) is 1. The van der Waals surface area contributed by atoms with Gasteiger partial charge >= 0.3 is 0 Å². The Morgan fingerprint density at radius 3 is 2.86 bits per heavy atom. The van der Waals surface area contributed by atoms with E-state index in [0.29, 0.717) is 12.6 Å². The van der Waals surface area contributed by atoms with Crippen LogP contribution >= 0.6 is 0 Å². The first-order valence-electron chi connectivity index (χ1n) is 7.01. The minimum atomic E-state index is 0.0561. The van der Waals surface area contributed by atoms with Crippen molar-refractivity contribution in [1.82, 2.24) is 14.5 Å². The number of benzene rings is 1. The number of hydrogen-bond acceptors (Lipinski definition) is 4. The van der Waals surface area contributed by atoms with E-state index in [1.807, 2.05) is 48.0 Å². The smallest absolute Gasteiger partial charge is 0.201 e. The number of anilines is 1. The second kappa shape index (κ2) is 5.44. The summed E-state index contributed by atoms with van der Waals surface area (Å²) in [5.41, 5.74) is 8.99. The molecule has 2 N–H and O–H groups in total. The van der Waals surface area contributed by atoms with Gasteiger partial charge in [-0.1, -0.05) is 12.1 Å². The van der Waals surface area contributed by atoms with Gasteiger partial charge in [-0.3, -0.25) is 4.98 Å². The van der Waals surface area contributed by atoms with Crippen LogP contribution < -0.4 is 10.5 Å². The third-order valence-electron chi connectivity index (χ3n) is 3.56. The molecule has 21 heavy (non-hydrogen) atoms. The summed E-state index contributed by atoms with van der Waals surface area (Å²) in [7, 11) is 0. The lowest BCUT2D eigenvalue weighted by Gasteiger charge is -2.16. The first-order valence-corrected chi connectivity index (χ1v) is 7.01. The fraction of sp³-hybridized carbons (Fsp3) is 0.250. The van der Waals surface area contributed by atoms with Crippen LogP contribution in [0.25, 0.3) is 11.0 Å². The van der Waals surface area contributed by atoms with Crippen molar-refractivity contribution >= 4 is 17.0 Å². The Bertz CT molecular complexity index is 752. The van der Waals surface area contributed by atoms with E-state index < -0.39 is 0 Å². The molecule has 0 fully saturated rings. The van der Waals surface area contributed by atoms with Gasteiger partial charge < -0.3 is 15.0 Å². The molecular formula is C16H18N4O. The van der Waals surface area contributed by atoms with Gasteiger partial charge in [0.25, 0.3) is 0 Å². The summed E-state index contributed by atoms with van der Waals surface area (Å²) in [6.07, 6.45) is 3.61. The zero-order valence-corrected chi connectivity index (χ0v) is 12.2. The second-order valence-corrected chi connectivity index (χ2v) is 4.86. The van der Waals surface area contributed by atoms with Crippen LogP contribution in [0.2, 0.25) is 0 Å². The normalized spacial score (nSPS) is 12.5. The Balaban J connectivity index is 2.15. The molecule has 108 valence electrons. The summed E-state index contributed by atoms with van der Waals surface area (Å²) >= 11 is 0. The largest absolute Gasteiger partial charge is 0.492 e. The summed E-state index contributed by atoms with van der Waals surface area (Å²) in [6, 6.07) is 9.90. The molecule has 3 aromatic rings. The van der Waals surface area contributed by atoms with Gasteiger partial charge in [0.1, 0.15) is 11.3 Å². The Morgan fingerprint density at radius 1 is 1.29 bits per heavy atom. The third kappa shape index (κ3) is 2.31. The van der Waals surface area contributed by atoms with Gasteiger partial charge in [0.05, 0.1) is 18.2 Å². The predicted octanol–water partition coefficient (Wildman–Crippen LogP) is 3.02. The average Bonchev–Trinajstić information content (AvgIpc) is 2.85. The SMILES string of the molecule is CCOc1cccc2c1nc(N)n2C(C)c1cccnc1. The Hall–Kier alpha value is -2.56. The summed E-state index contributed by atoms with van der Waals surface area (Å²) in [4.78, 5) is 8.65. The number of nitrogen functional groups attached to an aromatic ring is 1. The van der Waals surface area contributed by atoms with Gasteiger partial charge in [-0.2, -0.15) is 0 Å². The number of para-hydroxylation sites is 1. The van der Waals surface area contributed by atoms with Crippen molar-refractivity contribution in [3.05, 3.63) is 48.3 Å². The molecule has 5 heteroatoms. The molecule has 0 aliphatic heterocycles. The van der Waals surface area contributed by atoms with Crippen LogP contribution in [0.15, 0.2) is 42.7 Å².